The molecular weight excluding hydrogens is 361 g/mol. The van der Waals surface area contributed by atoms with Gasteiger partial charge in [0.2, 0.25) is 0 Å². The van der Waals surface area contributed by atoms with Crippen molar-refractivity contribution in [1.29, 1.82) is 0 Å². The Kier molecular flexibility index (Phi) is 9.24. The highest BCUT2D eigenvalue weighted by Crippen LogP contribution is 2.25. The zero-order valence-corrected chi connectivity index (χ0v) is 16.8. The summed E-state index contributed by atoms with van der Waals surface area (Å²) in [4.78, 5) is 7.35. The molecule has 1 N–H and O–H groups in total. The van der Waals surface area contributed by atoms with Crippen LogP contribution in [0.15, 0.2) is 29.6 Å². The van der Waals surface area contributed by atoms with Gasteiger partial charge < -0.3 is 5.32 Å². The molecule has 0 spiro atoms. The average Bonchev–Trinajstić information content (AvgIpc) is 3.03. The number of hydrogen-bond donors (Lipinski definition) is 1. The van der Waals surface area contributed by atoms with E-state index in [4.69, 9.17) is 4.98 Å². The molecule has 134 valence electrons. The third-order valence-electron chi connectivity index (χ3n) is 4.46. The van der Waals surface area contributed by atoms with Crippen LogP contribution in [0.25, 0.3) is 10.6 Å². The van der Waals surface area contributed by atoms with Gasteiger partial charge in [0.15, 0.2) is 0 Å². The Morgan fingerprint density at radius 1 is 1.25 bits per heavy atom. The van der Waals surface area contributed by atoms with Crippen LogP contribution in [0.2, 0.25) is 0 Å². The number of thiazole rings is 1. The molecule has 1 atom stereocenters. The Morgan fingerprint density at radius 2 is 2.00 bits per heavy atom. The van der Waals surface area contributed by atoms with E-state index in [2.05, 4.69) is 53.8 Å². The van der Waals surface area contributed by atoms with E-state index in [1.54, 1.807) is 11.3 Å². The number of rotatable bonds is 5. The van der Waals surface area contributed by atoms with E-state index in [1.165, 1.54) is 36.2 Å². The zero-order chi connectivity index (χ0) is 15.4. The van der Waals surface area contributed by atoms with Gasteiger partial charge in [-0.2, -0.15) is 0 Å². The standard InChI is InChI=1S/C18H25N3S.2ClH/c1-3-14-6-8-15(9-7-14)18-20-17(13-22-18)12-21-10-4-5-16(11-21)19-2;;/h6-9,13,16,19H,3-5,10-12H2,1-2H3;2*1H. The second-order valence-corrected chi connectivity index (χ2v) is 6.92. The molecule has 1 unspecified atom stereocenters. The first-order valence-corrected chi connectivity index (χ1v) is 9.09. The van der Waals surface area contributed by atoms with Crippen molar-refractivity contribution in [2.75, 3.05) is 20.1 Å². The SMILES string of the molecule is CCc1ccc(-c2nc(CN3CCCC(NC)C3)cs2)cc1.Cl.Cl. The number of likely N-dealkylation sites (tertiary alicyclic amines) is 1. The van der Waals surface area contributed by atoms with Crippen LogP contribution in [0.1, 0.15) is 31.0 Å². The number of likely N-dealkylation sites (N-methyl/N-ethyl adjacent to an activating group) is 1. The molecule has 2 heterocycles. The minimum atomic E-state index is 0. The molecule has 0 aliphatic carbocycles. The van der Waals surface area contributed by atoms with Gasteiger partial charge in [-0.15, -0.1) is 36.2 Å². The van der Waals surface area contributed by atoms with E-state index in [0.29, 0.717) is 6.04 Å². The van der Waals surface area contributed by atoms with Crippen LogP contribution in [0.5, 0.6) is 0 Å². The second kappa shape index (κ2) is 10.4. The van der Waals surface area contributed by atoms with E-state index < -0.39 is 0 Å². The first-order chi connectivity index (χ1) is 10.8. The molecule has 1 aromatic heterocycles. The Labute approximate surface area is 161 Å². The molecule has 3 rings (SSSR count). The summed E-state index contributed by atoms with van der Waals surface area (Å²) in [5.74, 6) is 0. The third kappa shape index (κ3) is 5.43. The topological polar surface area (TPSA) is 28.2 Å². The molecule has 0 radical (unpaired) electrons. The normalized spacial score (nSPS) is 17.8. The molecule has 0 amide bonds. The predicted molar refractivity (Wildman–Crippen MR) is 109 cm³/mol. The lowest BCUT2D eigenvalue weighted by molar-refractivity contribution is 0.186. The molecule has 1 aliphatic heterocycles. The summed E-state index contributed by atoms with van der Waals surface area (Å²) in [5.41, 5.74) is 3.82. The predicted octanol–water partition coefficient (Wildman–Crippen LogP) is 4.40. The number of hydrogen-bond acceptors (Lipinski definition) is 4. The smallest absolute Gasteiger partial charge is 0.123 e. The largest absolute Gasteiger partial charge is 0.316 e. The molecule has 1 saturated heterocycles. The molecule has 3 nitrogen and oxygen atoms in total. The van der Waals surface area contributed by atoms with Crippen LogP contribution in [0.4, 0.5) is 0 Å². The average molecular weight is 388 g/mol. The first-order valence-electron chi connectivity index (χ1n) is 8.22. The Bertz CT molecular complexity index is 601. The summed E-state index contributed by atoms with van der Waals surface area (Å²) >= 11 is 1.76. The van der Waals surface area contributed by atoms with Crippen molar-refractivity contribution < 1.29 is 0 Å². The summed E-state index contributed by atoms with van der Waals surface area (Å²) < 4.78 is 0. The molecule has 1 aromatic carbocycles. The van der Waals surface area contributed by atoms with E-state index in [0.717, 1.165) is 24.5 Å². The molecule has 1 fully saturated rings. The van der Waals surface area contributed by atoms with Crippen molar-refractivity contribution in [3.63, 3.8) is 0 Å². The summed E-state index contributed by atoms with van der Waals surface area (Å²) in [6.45, 7) is 5.49. The Hall–Kier alpha value is -0.650. The summed E-state index contributed by atoms with van der Waals surface area (Å²) in [5, 5.41) is 6.76. The number of aromatic nitrogens is 1. The minimum Gasteiger partial charge on any atom is -0.316 e. The molecule has 2 aromatic rings. The van der Waals surface area contributed by atoms with Crippen LogP contribution in [0, 0.1) is 0 Å². The Morgan fingerprint density at radius 3 is 2.67 bits per heavy atom. The highest BCUT2D eigenvalue weighted by Gasteiger charge is 2.19. The molecule has 24 heavy (non-hydrogen) atoms. The van der Waals surface area contributed by atoms with Crippen molar-refractivity contribution in [3.05, 3.63) is 40.9 Å². The van der Waals surface area contributed by atoms with Gasteiger partial charge in [-0.1, -0.05) is 31.2 Å². The van der Waals surface area contributed by atoms with Gasteiger partial charge >= 0.3 is 0 Å². The number of nitrogens with zero attached hydrogens (tertiary/aromatic N) is 2. The zero-order valence-electron chi connectivity index (χ0n) is 14.3. The molecule has 6 heteroatoms. The van der Waals surface area contributed by atoms with Gasteiger partial charge in [-0.3, -0.25) is 4.90 Å². The third-order valence-corrected chi connectivity index (χ3v) is 5.40. The van der Waals surface area contributed by atoms with Gasteiger partial charge in [0, 0.05) is 30.1 Å². The van der Waals surface area contributed by atoms with Gasteiger partial charge in [-0.25, -0.2) is 4.98 Å². The van der Waals surface area contributed by atoms with E-state index >= 15 is 0 Å². The lowest BCUT2D eigenvalue weighted by Gasteiger charge is -2.31. The van der Waals surface area contributed by atoms with Gasteiger partial charge in [0.25, 0.3) is 0 Å². The maximum Gasteiger partial charge on any atom is 0.123 e. The second-order valence-electron chi connectivity index (χ2n) is 6.06. The Balaban J connectivity index is 0.00000144. The van der Waals surface area contributed by atoms with Crippen LogP contribution in [0.3, 0.4) is 0 Å². The maximum atomic E-state index is 4.84. The number of piperidine rings is 1. The number of aryl methyl sites for hydroxylation is 1. The summed E-state index contributed by atoms with van der Waals surface area (Å²) in [6, 6.07) is 9.43. The fraction of sp³-hybridized carbons (Fsp3) is 0.500. The van der Waals surface area contributed by atoms with Crippen molar-refractivity contribution in [2.24, 2.45) is 0 Å². The quantitative estimate of drug-likeness (QED) is 0.823. The van der Waals surface area contributed by atoms with Crippen LogP contribution in [-0.2, 0) is 13.0 Å². The lowest BCUT2D eigenvalue weighted by Crippen LogP contribution is -2.43. The van der Waals surface area contributed by atoms with Crippen molar-refractivity contribution in [1.82, 2.24) is 15.2 Å². The van der Waals surface area contributed by atoms with E-state index in [1.807, 2.05) is 0 Å². The van der Waals surface area contributed by atoms with Crippen LogP contribution in [-0.4, -0.2) is 36.1 Å². The van der Waals surface area contributed by atoms with Crippen LogP contribution >= 0.6 is 36.2 Å². The van der Waals surface area contributed by atoms with Crippen LogP contribution < -0.4 is 5.32 Å². The molecular formula is C18H27Cl2N3S. The first kappa shape index (κ1) is 21.4. The minimum absolute atomic E-state index is 0. The molecule has 0 bridgehead atoms. The van der Waals surface area contributed by atoms with E-state index in [-0.39, 0.29) is 24.8 Å². The van der Waals surface area contributed by atoms with Crippen molar-refractivity contribution in [3.8, 4) is 10.6 Å². The van der Waals surface area contributed by atoms with Crippen molar-refractivity contribution >= 4 is 36.2 Å². The number of halogens is 2. The van der Waals surface area contributed by atoms with Gasteiger partial charge in [0.05, 0.1) is 5.69 Å². The van der Waals surface area contributed by atoms with E-state index in [9.17, 15) is 0 Å². The molecule has 0 saturated carbocycles. The summed E-state index contributed by atoms with van der Waals surface area (Å²) in [7, 11) is 2.06. The van der Waals surface area contributed by atoms with Gasteiger partial charge in [0.1, 0.15) is 5.01 Å². The molecule has 1 aliphatic rings. The highest BCUT2D eigenvalue weighted by molar-refractivity contribution is 7.13. The highest BCUT2D eigenvalue weighted by atomic mass is 35.5. The summed E-state index contributed by atoms with van der Waals surface area (Å²) in [6.07, 6.45) is 3.66. The number of nitrogens with one attached hydrogen (secondary N) is 1. The van der Waals surface area contributed by atoms with Crippen molar-refractivity contribution in [2.45, 2.75) is 38.8 Å². The van der Waals surface area contributed by atoms with Gasteiger partial charge in [-0.05, 0) is 38.4 Å². The lowest BCUT2D eigenvalue weighted by atomic mass is 10.1. The maximum absolute atomic E-state index is 4.84. The fourth-order valence-corrected chi connectivity index (χ4v) is 3.88. The monoisotopic (exact) mass is 387 g/mol. The fourth-order valence-electron chi connectivity index (χ4n) is 3.06. The number of benzene rings is 1.